The number of hydrogen-bond donors (Lipinski definition) is 1. The molecule has 0 saturated heterocycles. The fraction of sp³-hybridized carbons (Fsp3) is 0.391. The molecule has 0 aliphatic carbocycles. The van der Waals surface area contributed by atoms with Crippen LogP contribution in [0.5, 0.6) is 5.75 Å². The molecular weight excluding hydrogens is 352 g/mol. The average Bonchev–Trinajstić information content (AvgIpc) is 2.75. The molecule has 1 atom stereocenters. The van der Waals surface area contributed by atoms with Crippen molar-refractivity contribution >= 4 is 11.8 Å². The van der Waals surface area contributed by atoms with E-state index in [-0.39, 0.29) is 18.4 Å². The molecule has 0 aliphatic rings. The second-order valence-electron chi connectivity index (χ2n) is 6.65. The molecule has 2 amide bonds. The van der Waals surface area contributed by atoms with Crippen LogP contribution in [-0.4, -0.2) is 43.0 Å². The van der Waals surface area contributed by atoms with Crippen LogP contribution in [-0.2, 0) is 22.4 Å². The van der Waals surface area contributed by atoms with Crippen molar-refractivity contribution in [1.82, 2.24) is 10.2 Å². The van der Waals surface area contributed by atoms with Gasteiger partial charge in [-0.15, -0.1) is 0 Å². The molecule has 2 aromatic carbocycles. The second kappa shape index (κ2) is 11.1. The zero-order valence-corrected chi connectivity index (χ0v) is 17.0. The summed E-state index contributed by atoms with van der Waals surface area (Å²) in [6.45, 7) is 4.38. The lowest BCUT2D eigenvalue weighted by Gasteiger charge is -2.30. The molecule has 0 radical (unpaired) electrons. The van der Waals surface area contributed by atoms with Gasteiger partial charge in [0.1, 0.15) is 11.8 Å². The summed E-state index contributed by atoms with van der Waals surface area (Å²) >= 11 is 0. The van der Waals surface area contributed by atoms with E-state index in [1.807, 2.05) is 61.5 Å². The van der Waals surface area contributed by atoms with Gasteiger partial charge in [0.2, 0.25) is 5.91 Å². The molecule has 28 heavy (non-hydrogen) atoms. The van der Waals surface area contributed by atoms with Gasteiger partial charge in [-0.3, -0.25) is 9.59 Å². The average molecular weight is 383 g/mol. The zero-order valence-electron chi connectivity index (χ0n) is 17.0. The SMILES string of the molecule is CCc1ccc(OCC(=O)N(CCc2ccccc2)[C@@H](CC)C(=O)NC)cc1. The number of benzene rings is 2. The molecule has 0 spiro atoms. The van der Waals surface area contributed by atoms with E-state index < -0.39 is 6.04 Å². The molecule has 0 unspecified atom stereocenters. The fourth-order valence-electron chi connectivity index (χ4n) is 3.11. The molecule has 5 heteroatoms. The standard InChI is InChI=1S/C23H30N2O3/c1-4-18-11-13-20(14-12-18)28-17-22(26)25(21(5-2)23(27)24-3)16-15-19-9-7-6-8-10-19/h6-14,21H,4-5,15-17H2,1-3H3,(H,24,27)/t21-/m0/s1. The van der Waals surface area contributed by atoms with Gasteiger partial charge in [0.05, 0.1) is 0 Å². The molecule has 150 valence electrons. The van der Waals surface area contributed by atoms with Gasteiger partial charge in [0, 0.05) is 13.6 Å². The summed E-state index contributed by atoms with van der Waals surface area (Å²) in [6, 6.07) is 17.2. The van der Waals surface area contributed by atoms with E-state index in [4.69, 9.17) is 4.74 Å². The minimum atomic E-state index is -0.507. The van der Waals surface area contributed by atoms with Crippen molar-refractivity contribution in [3.8, 4) is 5.75 Å². The number of carbonyl (C=O) groups excluding carboxylic acids is 2. The summed E-state index contributed by atoms with van der Waals surface area (Å²) in [6.07, 6.45) is 2.19. The Labute approximate surface area is 167 Å². The summed E-state index contributed by atoms with van der Waals surface area (Å²) in [5.41, 5.74) is 2.34. The lowest BCUT2D eigenvalue weighted by atomic mass is 10.1. The van der Waals surface area contributed by atoms with E-state index >= 15 is 0 Å². The van der Waals surface area contributed by atoms with Gasteiger partial charge in [-0.25, -0.2) is 0 Å². The smallest absolute Gasteiger partial charge is 0.261 e. The van der Waals surface area contributed by atoms with E-state index in [2.05, 4.69) is 12.2 Å². The van der Waals surface area contributed by atoms with Gasteiger partial charge in [-0.05, 0) is 42.5 Å². The Morgan fingerprint density at radius 2 is 1.68 bits per heavy atom. The minimum Gasteiger partial charge on any atom is -0.484 e. The number of nitrogens with zero attached hydrogens (tertiary/aromatic N) is 1. The van der Waals surface area contributed by atoms with E-state index in [9.17, 15) is 9.59 Å². The first-order chi connectivity index (χ1) is 13.6. The Kier molecular flexibility index (Phi) is 8.53. The highest BCUT2D eigenvalue weighted by Crippen LogP contribution is 2.14. The molecule has 0 aliphatic heterocycles. The number of likely N-dealkylation sites (N-methyl/N-ethyl adjacent to an activating group) is 1. The van der Waals surface area contributed by atoms with E-state index in [0.717, 1.165) is 12.0 Å². The maximum absolute atomic E-state index is 12.9. The Morgan fingerprint density at radius 1 is 1.00 bits per heavy atom. The number of carbonyl (C=O) groups is 2. The van der Waals surface area contributed by atoms with Gasteiger partial charge in [0.15, 0.2) is 6.61 Å². The fourth-order valence-corrected chi connectivity index (χ4v) is 3.11. The Bertz CT molecular complexity index is 744. The summed E-state index contributed by atoms with van der Waals surface area (Å²) in [4.78, 5) is 26.8. The van der Waals surface area contributed by atoms with E-state index in [1.54, 1.807) is 11.9 Å². The predicted molar refractivity (Wildman–Crippen MR) is 111 cm³/mol. The van der Waals surface area contributed by atoms with Crippen molar-refractivity contribution in [1.29, 1.82) is 0 Å². The normalized spacial score (nSPS) is 11.5. The van der Waals surface area contributed by atoms with Gasteiger partial charge in [-0.1, -0.05) is 56.3 Å². The largest absolute Gasteiger partial charge is 0.484 e. The third kappa shape index (κ3) is 6.12. The van der Waals surface area contributed by atoms with Gasteiger partial charge in [0.25, 0.3) is 5.91 Å². The maximum Gasteiger partial charge on any atom is 0.261 e. The van der Waals surface area contributed by atoms with Crippen molar-refractivity contribution in [2.24, 2.45) is 0 Å². The monoisotopic (exact) mass is 382 g/mol. The number of ether oxygens (including phenoxy) is 1. The summed E-state index contributed by atoms with van der Waals surface area (Å²) < 4.78 is 5.69. The molecular formula is C23H30N2O3. The van der Waals surface area contributed by atoms with Crippen LogP contribution >= 0.6 is 0 Å². The molecule has 1 N–H and O–H groups in total. The molecule has 2 aromatic rings. The number of amides is 2. The highest BCUT2D eigenvalue weighted by Gasteiger charge is 2.27. The number of rotatable bonds is 10. The molecule has 0 aromatic heterocycles. The van der Waals surface area contributed by atoms with Crippen LogP contribution < -0.4 is 10.1 Å². The lowest BCUT2D eigenvalue weighted by Crippen LogP contribution is -2.50. The molecule has 0 bridgehead atoms. The van der Waals surface area contributed by atoms with E-state index in [0.29, 0.717) is 25.1 Å². The highest BCUT2D eigenvalue weighted by molar-refractivity contribution is 5.88. The second-order valence-corrected chi connectivity index (χ2v) is 6.65. The Morgan fingerprint density at radius 3 is 2.25 bits per heavy atom. The molecule has 0 saturated carbocycles. The summed E-state index contributed by atoms with van der Waals surface area (Å²) in [7, 11) is 1.59. The quantitative estimate of drug-likeness (QED) is 0.686. The lowest BCUT2D eigenvalue weighted by molar-refractivity contribution is -0.142. The number of aryl methyl sites for hydroxylation is 1. The molecule has 5 nitrogen and oxygen atoms in total. The van der Waals surface area contributed by atoms with Crippen LogP contribution in [0, 0.1) is 0 Å². The van der Waals surface area contributed by atoms with Gasteiger partial charge in [-0.2, -0.15) is 0 Å². The molecule has 2 rings (SSSR count). The van der Waals surface area contributed by atoms with Crippen molar-refractivity contribution in [2.75, 3.05) is 20.2 Å². The van der Waals surface area contributed by atoms with Crippen LogP contribution in [0.15, 0.2) is 54.6 Å². The Hall–Kier alpha value is -2.82. The van der Waals surface area contributed by atoms with Crippen molar-refractivity contribution in [2.45, 2.75) is 39.2 Å². The first kappa shape index (κ1) is 21.5. The molecule has 0 fully saturated rings. The van der Waals surface area contributed by atoms with Crippen molar-refractivity contribution in [3.63, 3.8) is 0 Å². The van der Waals surface area contributed by atoms with Gasteiger partial charge < -0.3 is 15.0 Å². The first-order valence-corrected chi connectivity index (χ1v) is 9.85. The van der Waals surface area contributed by atoms with Crippen LogP contribution in [0.1, 0.15) is 31.4 Å². The number of nitrogens with one attached hydrogen (secondary N) is 1. The summed E-state index contributed by atoms with van der Waals surface area (Å²) in [5, 5.41) is 2.66. The zero-order chi connectivity index (χ0) is 20.4. The summed E-state index contributed by atoms with van der Waals surface area (Å²) in [5.74, 6) is 0.309. The topological polar surface area (TPSA) is 58.6 Å². The van der Waals surface area contributed by atoms with Gasteiger partial charge >= 0.3 is 0 Å². The van der Waals surface area contributed by atoms with Crippen molar-refractivity contribution in [3.05, 3.63) is 65.7 Å². The van der Waals surface area contributed by atoms with E-state index in [1.165, 1.54) is 5.56 Å². The first-order valence-electron chi connectivity index (χ1n) is 9.85. The highest BCUT2D eigenvalue weighted by atomic mass is 16.5. The van der Waals surface area contributed by atoms with Crippen LogP contribution in [0.3, 0.4) is 0 Å². The Balaban J connectivity index is 2.06. The number of hydrogen-bond acceptors (Lipinski definition) is 3. The van der Waals surface area contributed by atoms with Crippen LogP contribution in [0.2, 0.25) is 0 Å². The third-order valence-electron chi connectivity index (χ3n) is 4.81. The molecule has 0 heterocycles. The van der Waals surface area contributed by atoms with Crippen LogP contribution in [0.25, 0.3) is 0 Å². The van der Waals surface area contributed by atoms with Crippen molar-refractivity contribution < 1.29 is 14.3 Å². The predicted octanol–water partition coefficient (Wildman–Crippen LogP) is 3.22. The van der Waals surface area contributed by atoms with Crippen LogP contribution in [0.4, 0.5) is 0 Å². The minimum absolute atomic E-state index is 0.0895. The third-order valence-corrected chi connectivity index (χ3v) is 4.81. The maximum atomic E-state index is 12.9.